The van der Waals surface area contributed by atoms with Crippen molar-refractivity contribution in [1.82, 2.24) is 15.1 Å². The first-order valence-corrected chi connectivity index (χ1v) is 10.7. The summed E-state index contributed by atoms with van der Waals surface area (Å²) in [5, 5.41) is 9.48. The van der Waals surface area contributed by atoms with Crippen molar-refractivity contribution >= 4 is 23.3 Å². The van der Waals surface area contributed by atoms with E-state index in [2.05, 4.69) is 15.1 Å². The van der Waals surface area contributed by atoms with Crippen LogP contribution in [-0.2, 0) is 4.79 Å². The lowest BCUT2D eigenvalue weighted by molar-refractivity contribution is -0.133. The second-order valence-corrected chi connectivity index (χ2v) is 8.05. The summed E-state index contributed by atoms with van der Waals surface area (Å²) in [5.41, 5.74) is 3.78. The van der Waals surface area contributed by atoms with Crippen LogP contribution in [0.2, 0.25) is 5.02 Å². The maximum absolute atomic E-state index is 12.6. The minimum Gasteiger partial charge on any atom is -0.484 e. The second-order valence-electron chi connectivity index (χ2n) is 7.67. The number of amides is 1. The molecule has 1 aromatic heterocycles. The molecule has 0 N–H and O–H groups in total. The molecule has 7 heteroatoms. The summed E-state index contributed by atoms with van der Waals surface area (Å²) >= 11 is 6.19. The van der Waals surface area contributed by atoms with Gasteiger partial charge in [-0.1, -0.05) is 41.9 Å². The van der Waals surface area contributed by atoms with E-state index in [1.165, 1.54) is 0 Å². The molecule has 4 rings (SSSR count). The number of aromatic nitrogens is 2. The molecule has 3 aromatic rings. The number of piperazine rings is 1. The third-order valence-electron chi connectivity index (χ3n) is 5.45. The van der Waals surface area contributed by atoms with Gasteiger partial charge in [-0.05, 0) is 49.2 Å². The van der Waals surface area contributed by atoms with Crippen molar-refractivity contribution in [3.05, 3.63) is 70.7 Å². The lowest BCUT2D eigenvalue weighted by atomic mass is 10.1. The fourth-order valence-corrected chi connectivity index (χ4v) is 3.78. The number of carbonyl (C=O) groups excluding carboxylic acids is 1. The van der Waals surface area contributed by atoms with Gasteiger partial charge in [0.15, 0.2) is 12.4 Å². The molecular formula is C24H25ClN4O2. The van der Waals surface area contributed by atoms with E-state index < -0.39 is 0 Å². The van der Waals surface area contributed by atoms with Gasteiger partial charge in [-0.2, -0.15) is 0 Å². The second kappa shape index (κ2) is 9.35. The summed E-state index contributed by atoms with van der Waals surface area (Å²) in [6, 6.07) is 17.7. The zero-order valence-electron chi connectivity index (χ0n) is 17.7. The quantitative estimate of drug-likeness (QED) is 0.601. The number of benzene rings is 2. The van der Waals surface area contributed by atoms with E-state index in [4.69, 9.17) is 16.3 Å². The van der Waals surface area contributed by atoms with Gasteiger partial charge < -0.3 is 14.5 Å². The summed E-state index contributed by atoms with van der Waals surface area (Å²) in [6.45, 7) is 6.56. The summed E-state index contributed by atoms with van der Waals surface area (Å²) in [6.07, 6.45) is 0. The third-order valence-corrected chi connectivity index (χ3v) is 6.04. The summed E-state index contributed by atoms with van der Waals surface area (Å²) in [5.74, 6) is 1.48. The Hall–Kier alpha value is -3.12. The Labute approximate surface area is 187 Å². The van der Waals surface area contributed by atoms with E-state index in [-0.39, 0.29) is 12.5 Å². The van der Waals surface area contributed by atoms with Crippen molar-refractivity contribution < 1.29 is 9.53 Å². The Balaban J connectivity index is 1.29. The number of halogens is 1. The van der Waals surface area contributed by atoms with Gasteiger partial charge in [-0.25, -0.2) is 0 Å². The van der Waals surface area contributed by atoms with Gasteiger partial charge in [0.1, 0.15) is 5.75 Å². The molecule has 1 aliphatic rings. The zero-order valence-corrected chi connectivity index (χ0v) is 18.5. The standard InChI is InChI=1S/C24H25ClN4O2/c1-17-14-20(15-18(2)24(17)25)31-16-23(30)29-12-10-28(11-13-29)22-9-8-21(26-27-22)19-6-4-3-5-7-19/h3-9,14-15H,10-13,16H2,1-2H3. The molecule has 0 atom stereocenters. The molecular weight excluding hydrogens is 412 g/mol. The molecule has 1 amide bonds. The number of rotatable bonds is 5. The van der Waals surface area contributed by atoms with Crippen LogP contribution in [0.3, 0.4) is 0 Å². The van der Waals surface area contributed by atoms with Crippen molar-refractivity contribution in [3.63, 3.8) is 0 Å². The van der Waals surface area contributed by atoms with Gasteiger partial charge in [-0.15, -0.1) is 10.2 Å². The molecule has 31 heavy (non-hydrogen) atoms. The number of hydrogen-bond donors (Lipinski definition) is 0. The Kier molecular flexibility index (Phi) is 6.37. The molecule has 6 nitrogen and oxygen atoms in total. The van der Waals surface area contributed by atoms with Gasteiger partial charge in [0.05, 0.1) is 5.69 Å². The maximum Gasteiger partial charge on any atom is 0.260 e. The maximum atomic E-state index is 12.6. The monoisotopic (exact) mass is 436 g/mol. The average molecular weight is 437 g/mol. The number of anilines is 1. The molecule has 2 heterocycles. The van der Waals surface area contributed by atoms with Crippen LogP contribution in [0, 0.1) is 13.8 Å². The highest BCUT2D eigenvalue weighted by Crippen LogP contribution is 2.26. The highest BCUT2D eigenvalue weighted by atomic mass is 35.5. The molecule has 0 bridgehead atoms. The Morgan fingerprint density at radius 2 is 1.65 bits per heavy atom. The van der Waals surface area contributed by atoms with Gasteiger partial charge in [0, 0.05) is 36.8 Å². The van der Waals surface area contributed by atoms with Crippen molar-refractivity contribution in [2.45, 2.75) is 13.8 Å². The van der Waals surface area contributed by atoms with Gasteiger partial charge in [-0.3, -0.25) is 4.79 Å². The Morgan fingerprint density at radius 3 is 2.26 bits per heavy atom. The lowest BCUT2D eigenvalue weighted by Crippen LogP contribution is -2.50. The molecule has 160 valence electrons. The van der Waals surface area contributed by atoms with Crippen LogP contribution in [0.4, 0.5) is 5.82 Å². The van der Waals surface area contributed by atoms with Crippen LogP contribution in [0.1, 0.15) is 11.1 Å². The fourth-order valence-electron chi connectivity index (χ4n) is 3.67. The molecule has 1 aliphatic heterocycles. The smallest absolute Gasteiger partial charge is 0.260 e. The highest BCUT2D eigenvalue weighted by molar-refractivity contribution is 6.32. The Morgan fingerprint density at radius 1 is 0.968 bits per heavy atom. The summed E-state index contributed by atoms with van der Waals surface area (Å²) < 4.78 is 5.72. The topological polar surface area (TPSA) is 58.6 Å². The SMILES string of the molecule is Cc1cc(OCC(=O)N2CCN(c3ccc(-c4ccccc4)nn3)CC2)cc(C)c1Cl. The van der Waals surface area contributed by atoms with Crippen LogP contribution in [0.25, 0.3) is 11.3 Å². The van der Waals surface area contributed by atoms with E-state index in [0.717, 1.165) is 33.2 Å². The molecule has 0 aliphatic carbocycles. The molecule has 1 fully saturated rings. The first-order chi connectivity index (χ1) is 15.0. The highest BCUT2D eigenvalue weighted by Gasteiger charge is 2.22. The van der Waals surface area contributed by atoms with E-state index in [1.807, 2.05) is 73.3 Å². The predicted molar refractivity (Wildman–Crippen MR) is 123 cm³/mol. The van der Waals surface area contributed by atoms with Gasteiger partial charge in [0.25, 0.3) is 5.91 Å². The van der Waals surface area contributed by atoms with E-state index in [0.29, 0.717) is 31.9 Å². The average Bonchev–Trinajstić information content (AvgIpc) is 2.81. The number of aryl methyl sites for hydroxylation is 2. The molecule has 2 aromatic carbocycles. The van der Waals surface area contributed by atoms with Crippen LogP contribution in [0.15, 0.2) is 54.6 Å². The Bertz CT molecular complexity index is 1030. The summed E-state index contributed by atoms with van der Waals surface area (Å²) in [4.78, 5) is 16.6. The number of hydrogen-bond acceptors (Lipinski definition) is 5. The lowest BCUT2D eigenvalue weighted by Gasteiger charge is -2.35. The first kappa shape index (κ1) is 21.1. The van der Waals surface area contributed by atoms with E-state index in [9.17, 15) is 4.79 Å². The van der Waals surface area contributed by atoms with E-state index in [1.54, 1.807) is 0 Å². The minimum atomic E-state index is -0.0181. The molecule has 0 spiro atoms. The number of carbonyl (C=O) groups is 1. The van der Waals surface area contributed by atoms with E-state index >= 15 is 0 Å². The van der Waals surface area contributed by atoms with Crippen molar-refractivity contribution in [2.24, 2.45) is 0 Å². The van der Waals surface area contributed by atoms with Crippen molar-refractivity contribution in [2.75, 3.05) is 37.7 Å². The van der Waals surface area contributed by atoms with Crippen LogP contribution in [0.5, 0.6) is 5.75 Å². The predicted octanol–water partition coefficient (Wildman–Crippen LogP) is 4.14. The largest absolute Gasteiger partial charge is 0.484 e. The molecule has 0 radical (unpaired) electrons. The number of ether oxygens (including phenoxy) is 1. The molecule has 0 saturated carbocycles. The van der Waals surface area contributed by atoms with Gasteiger partial charge in [0.2, 0.25) is 0 Å². The normalized spacial score (nSPS) is 13.9. The number of nitrogens with zero attached hydrogens (tertiary/aromatic N) is 4. The molecule has 0 unspecified atom stereocenters. The first-order valence-electron chi connectivity index (χ1n) is 10.3. The third kappa shape index (κ3) is 4.97. The van der Waals surface area contributed by atoms with Crippen molar-refractivity contribution in [1.29, 1.82) is 0 Å². The van der Waals surface area contributed by atoms with Crippen molar-refractivity contribution in [3.8, 4) is 17.0 Å². The zero-order chi connectivity index (χ0) is 21.8. The van der Waals surface area contributed by atoms with Gasteiger partial charge >= 0.3 is 0 Å². The van der Waals surface area contributed by atoms with Crippen LogP contribution < -0.4 is 9.64 Å². The van der Waals surface area contributed by atoms with Crippen LogP contribution >= 0.6 is 11.6 Å². The minimum absolute atomic E-state index is 0.0181. The summed E-state index contributed by atoms with van der Waals surface area (Å²) in [7, 11) is 0. The fraction of sp³-hybridized carbons (Fsp3) is 0.292. The molecule has 1 saturated heterocycles. The van der Waals surface area contributed by atoms with Crippen LogP contribution in [-0.4, -0.2) is 53.8 Å².